The lowest BCUT2D eigenvalue weighted by molar-refractivity contribution is 0.118. The van der Waals surface area contributed by atoms with Crippen LogP contribution in [0, 0.1) is 0 Å². The van der Waals surface area contributed by atoms with Gasteiger partial charge in [0.05, 0.1) is 17.3 Å². The largest absolute Gasteiger partial charge is 0.380 e. The minimum absolute atomic E-state index is 0.590. The van der Waals surface area contributed by atoms with Gasteiger partial charge >= 0.3 is 0 Å². The van der Waals surface area contributed by atoms with E-state index in [2.05, 4.69) is 53.5 Å². The number of piperidine rings is 1. The number of hydrogen-bond donors (Lipinski definition) is 1. The molecule has 0 bridgehead atoms. The van der Waals surface area contributed by atoms with Crippen LogP contribution in [0.25, 0.3) is 22.3 Å². The number of nitrogens with zero attached hydrogens (tertiary/aromatic N) is 5. The lowest BCUT2D eigenvalue weighted by Crippen LogP contribution is -2.39. The van der Waals surface area contributed by atoms with Crippen molar-refractivity contribution in [1.82, 2.24) is 23.7 Å². The van der Waals surface area contributed by atoms with Crippen LogP contribution >= 0.6 is 24.2 Å². The molecule has 3 aromatic rings. The molecule has 0 spiro atoms. The fourth-order valence-electron chi connectivity index (χ4n) is 6.29. The van der Waals surface area contributed by atoms with Crippen molar-refractivity contribution in [2.24, 2.45) is 0 Å². The summed E-state index contributed by atoms with van der Waals surface area (Å²) in [5.41, 5.74) is 4.55. The first kappa shape index (κ1) is 23.9. The molecule has 0 N–H and O–H groups in total. The van der Waals surface area contributed by atoms with Crippen LogP contribution < -0.4 is 0 Å². The monoisotopic (exact) mass is 511 g/mol. The Morgan fingerprint density at radius 1 is 1.00 bits per heavy atom. The molecule has 2 saturated heterocycles. The maximum absolute atomic E-state index is 5.67. The molecule has 5 heterocycles. The number of fused-ring (bicyclic) bond motifs is 1. The molecule has 0 aromatic carbocycles. The van der Waals surface area contributed by atoms with Crippen molar-refractivity contribution in [1.29, 1.82) is 0 Å². The summed E-state index contributed by atoms with van der Waals surface area (Å²) in [7, 11) is 2.21. The van der Waals surface area contributed by atoms with Crippen molar-refractivity contribution in [3.63, 3.8) is 0 Å². The number of ether oxygens (including phenoxy) is 1. The number of thiol groups is 1. The molecule has 3 fully saturated rings. The Bertz CT molecular complexity index is 1140. The zero-order valence-electron chi connectivity index (χ0n) is 20.7. The van der Waals surface area contributed by atoms with E-state index in [1.807, 2.05) is 15.3 Å². The van der Waals surface area contributed by atoms with E-state index in [1.54, 1.807) is 0 Å². The minimum Gasteiger partial charge on any atom is -0.380 e. The van der Waals surface area contributed by atoms with Crippen LogP contribution in [0.15, 0.2) is 23.8 Å². The number of hydrogen-bond acceptors (Lipinski definition) is 7. The maximum atomic E-state index is 5.67. The molecule has 6 rings (SSSR count). The highest BCUT2D eigenvalue weighted by Crippen LogP contribution is 2.39. The quantitative estimate of drug-likeness (QED) is 0.475. The molecular formula is C27H37N5OS2. The molecule has 0 radical (unpaired) electrons. The third-order valence-corrected chi connectivity index (χ3v) is 9.77. The van der Waals surface area contributed by atoms with Gasteiger partial charge in [-0.1, -0.05) is 12.8 Å². The minimum atomic E-state index is 0.590. The van der Waals surface area contributed by atoms with Gasteiger partial charge in [-0.2, -0.15) is 0 Å². The van der Waals surface area contributed by atoms with Crippen molar-refractivity contribution < 1.29 is 4.74 Å². The lowest BCUT2D eigenvalue weighted by atomic mass is 9.81. The van der Waals surface area contributed by atoms with Gasteiger partial charge in [0.1, 0.15) is 5.65 Å². The Labute approximate surface area is 218 Å². The summed E-state index contributed by atoms with van der Waals surface area (Å²) < 4.78 is 7.53. The summed E-state index contributed by atoms with van der Waals surface area (Å²) >= 11 is 6.51. The summed E-state index contributed by atoms with van der Waals surface area (Å²) in [5, 5.41) is 4.71. The predicted molar refractivity (Wildman–Crippen MR) is 147 cm³/mol. The highest BCUT2D eigenvalue weighted by Gasteiger charge is 2.28. The van der Waals surface area contributed by atoms with E-state index in [0.29, 0.717) is 17.9 Å². The molecule has 0 amide bonds. The van der Waals surface area contributed by atoms with Crippen LogP contribution in [-0.4, -0.2) is 76.2 Å². The van der Waals surface area contributed by atoms with E-state index < -0.39 is 0 Å². The van der Waals surface area contributed by atoms with Crippen molar-refractivity contribution in [3.8, 4) is 11.3 Å². The third kappa shape index (κ3) is 5.05. The van der Waals surface area contributed by atoms with Crippen LogP contribution in [0.3, 0.4) is 0 Å². The van der Waals surface area contributed by atoms with E-state index in [-0.39, 0.29) is 0 Å². The van der Waals surface area contributed by atoms with E-state index >= 15 is 0 Å². The molecule has 2 aliphatic heterocycles. The zero-order valence-corrected chi connectivity index (χ0v) is 22.4. The topological polar surface area (TPSA) is 46.4 Å². The van der Waals surface area contributed by atoms with Crippen LogP contribution in [0.5, 0.6) is 0 Å². The van der Waals surface area contributed by atoms with Gasteiger partial charge in [0.2, 0.25) is 0 Å². The second kappa shape index (κ2) is 10.5. The zero-order chi connectivity index (χ0) is 23.8. The van der Waals surface area contributed by atoms with Crippen LogP contribution in [0.1, 0.15) is 67.4 Å². The second-order valence-corrected chi connectivity index (χ2v) is 12.0. The molecule has 3 aliphatic rings. The van der Waals surface area contributed by atoms with Gasteiger partial charge in [0.15, 0.2) is 0 Å². The molecular weight excluding hydrogens is 474 g/mol. The number of likely N-dealkylation sites (tertiary alicyclic amines) is 1. The van der Waals surface area contributed by atoms with Crippen molar-refractivity contribution >= 4 is 35.2 Å². The van der Waals surface area contributed by atoms with Crippen molar-refractivity contribution in [2.75, 3.05) is 46.4 Å². The third-order valence-electron chi connectivity index (χ3n) is 8.45. The molecule has 188 valence electrons. The highest BCUT2D eigenvalue weighted by atomic mass is 32.1. The Balaban J connectivity index is 1.20. The second-order valence-electron chi connectivity index (χ2n) is 10.7. The fourth-order valence-corrected chi connectivity index (χ4v) is 7.56. The summed E-state index contributed by atoms with van der Waals surface area (Å²) in [6.45, 7) is 6.42. The number of aromatic nitrogens is 3. The van der Waals surface area contributed by atoms with Gasteiger partial charge in [-0.15, -0.1) is 11.3 Å². The van der Waals surface area contributed by atoms with Gasteiger partial charge in [0.25, 0.3) is 0 Å². The van der Waals surface area contributed by atoms with Gasteiger partial charge in [-0.3, -0.25) is 8.87 Å². The summed E-state index contributed by atoms with van der Waals surface area (Å²) in [6.07, 6.45) is 12.8. The summed E-state index contributed by atoms with van der Waals surface area (Å²) in [4.78, 5) is 15.1. The first-order chi connectivity index (χ1) is 17.2. The lowest BCUT2D eigenvalue weighted by Gasteiger charge is -2.36. The standard InChI is InChI=1S/C27H37N5OS2/c1-30-10-7-20(8-11-30)27-29-25(18-35-27)24-17-32(34)26-23(24)15-21(16-28-26)19-3-5-22(6-4-19)31-9-2-13-33-14-12-31/h15-20,22,34H,2-14H2,1H3/t19-,22-. The maximum Gasteiger partial charge on any atom is 0.150 e. The molecule has 1 saturated carbocycles. The Morgan fingerprint density at radius 2 is 1.83 bits per heavy atom. The smallest absolute Gasteiger partial charge is 0.150 e. The van der Waals surface area contributed by atoms with Crippen LogP contribution in [0.4, 0.5) is 0 Å². The molecule has 0 atom stereocenters. The van der Waals surface area contributed by atoms with Crippen LogP contribution in [-0.2, 0) is 4.74 Å². The molecule has 0 unspecified atom stereocenters. The normalized spacial score (nSPS) is 25.8. The summed E-state index contributed by atoms with van der Waals surface area (Å²) in [5.74, 6) is 1.18. The molecule has 35 heavy (non-hydrogen) atoms. The van der Waals surface area contributed by atoms with Gasteiger partial charge in [0, 0.05) is 60.4 Å². The molecule has 8 heteroatoms. The molecule has 3 aromatic heterocycles. The average molecular weight is 512 g/mol. The fraction of sp³-hybridized carbons (Fsp3) is 0.630. The highest BCUT2D eigenvalue weighted by molar-refractivity contribution is 7.78. The Kier molecular flexibility index (Phi) is 7.18. The first-order valence-electron chi connectivity index (χ1n) is 13.3. The predicted octanol–water partition coefficient (Wildman–Crippen LogP) is 5.41. The van der Waals surface area contributed by atoms with E-state index in [9.17, 15) is 0 Å². The number of thiazole rings is 1. The number of pyridine rings is 1. The Morgan fingerprint density at radius 3 is 2.66 bits per heavy atom. The van der Waals surface area contributed by atoms with Gasteiger partial charge in [-0.25, -0.2) is 9.97 Å². The van der Waals surface area contributed by atoms with E-state index in [1.165, 1.54) is 67.4 Å². The number of rotatable bonds is 4. The van der Waals surface area contributed by atoms with Gasteiger partial charge < -0.3 is 9.64 Å². The molecule has 1 aliphatic carbocycles. The van der Waals surface area contributed by atoms with E-state index in [4.69, 9.17) is 14.7 Å². The first-order valence-corrected chi connectivity index (χ1v) is 14.6. The Hall–Kier alpha value is -1.45. The average Bonchev–Trinajstić information content (AvgIpc) is 3.39. The van der Waals surface area contributed by atoms with Gasteiger partial charge in [-0.05, 0) is 82.6 Å². The van der Waals surface area contributed by atoms with Crippen molar-refractivity contribution in [3.05, 3.63) is 34.4 Å². The van der Waals surface area contributed by atoms with Crippen molar-refractivity contribution in [2.45, 2.75) is 62.8 Å². The van der Waals surface area contributed by atoms with Crippen LogP contribution in [0.2, 0.25) is 0 Å². The molecule has 6 nitrogen and oxygen atoms in total. The summed E-state index contributed by atoms with van der Waals surface area (Å²) in [6, 6.07) is 3.09. The SMILES string of the molecule is CN1CCC(c2nc(-c3cn(S)c4ncc([C@H]5CC[C@H](N6CCCOCC6)CC5)cc34)cs2)CC1. The van der Waals surface area contributed by atoms with E-state index in [0.717, 1.165) is 49.8 Å².